The zero-order valence-corrected chi connectivity index (χ0v) is 9.79. The van der Waals surface area contributed by atoms with Gasteiger partial charge in [-0.1, -0.05) is 0 Å². The van der Waals surface area contributed by atoms with Crippen LogP contribution in [0.3, 0.4) is 0 Å². The van der Waals surface area contributed by atoms with Crippen LogP contribution in [0.5, 0.6) is 0 Å². The van der Waals surface area contributed by atoms with Gasteiger partial charge in [0.05, 0.1) is 19.1 Å². The number of nitrogen functional groups attached to an aromatic ring is 1. The minimum absolute atomic E-state index is 0.0704. The van der Waals surface area contributed by atoms with Crippen LogP contribution in [0.4, 0.5) is 5.95 Å². The van der Waals surface area contributed by atoms with Crippen LogP contribution in [0.1, 0.15) is 6.23 Å². The number of nitrogens with two attached hydrogens (primary N) is 1. The molecule has 9 nitrogen and oxygen atoms in total. The molecule has 3 rings (SSSR count). The van der Waals surface area contributed by atoms with Gasteiger partial charge in [-0.15, -0.1) is 0 Å². The number of nitrogens with zero attached hydrogens (tertiary/aromatic N) is 4. The first-order chi connectivity index (χ1) is 9.11. The molecule has 1 aliphatic heterocycles. The van der Waals surface area contributed by atoms with Crippen LogP contribution in [0.25, 0.3) is 11.2 Å². The number of ether oxygens (including phenoxy) is 1. The fourth-order valence-corrected chi connectivity index (χ4v) is 2.14. The van der Waals surface area contributed by atoms with Crippen molar-refractivity contribution in [3.63, 3.8) is 0 Å². The van der Waals surface area contributed by atoms with E-state index in [2.05, 4.69) is 15.0 Å². The molecule has 0 amide bonds. The van der Waals surface area contributed by atoms with Gasteiger partial charge in [-0.2, -0.15) is 4.98 Å². The molecule has 1 aliphatic rings. The number of hydrogen-bond donors (Lipinski definition) is 4. The molecule has 2 aromatic heterocycles. The van der Waals surface area contributed by atoms with Crippen molar-refractivity contribution in [3.8, 4) is 0 Å². The largest absolute Gasteiger partial charge is 0.394 e. The van der Waals surface area contributed by atoms with Gasteiger partial charge in [-0.25, -0.2) is 9.97 Å². The van der Waals surface area contributed by atoms with Crippen molar-refractivity contribution in [1.29, 1.82) is 0 Å². The van der Waals surface area contributed by atoms with E-state index in [1.54, 1.807) is 0 Å². The highest BCUT2D eigenvalue weighted by Crippen LogP contribution is 2.31. The third kappa shape index (κ3) is 1.83. The lowest BCUT2D eigenvalue weighted by Gasteiger charge is -2.16. The second-order valence-electron chi connectivity index (χ2n) is 4.32. The van der Waals surface area contributed by atoms with Gasteiger partial charge >= 0.3 is 0 Å². The van der Waals surface area contributed by atoms with Gasteiger partial charge in [0.25, 0.3) is 0 Å². The van der Waals surface area contributed by atoms with Crippen LogP contribution in [0, 0.1) is 0 Å². The maximum Gasteiger partial charge on any atom is 0.222 e. The number of aliphatic hydroxyl groups excluding tert-OH is 3. The standard InChI is InChI=1S/C10H13N5O4/c11-10-12-1-4-8(14-10)15(3-13-4)9-7(18)6(17)5(2-16)19-9/h1,3,5-7,9,16-18H,2H2,(H2,11,12,14)/t5-,6-,7-,9?/m1/s1. The number of imidazole rings is 1. The van der Waals surface area contributed by atoms with Crippen molar-refractivity contribution in [3.05, 3.63) is 12.5 Å². The van der Waals surface area contributed by atoms with Gasteiger partial charge < -0.3 is 25.8 Å². The van der Waals surface area contributed by atoms with Gasteiger partial charge in [0.2, 0.25) is 5.95 Å². The number of hydrogen-bond acceptors (Lipinski definition) is 8. The monoisotopic (exact) mass is 267 g/mol. The predicted octanol–water partition coefficient (Wildman–Crippen LogP) is -1.98. The van der Waals surface area contributed by atoms with Crippen molar-refractivity contribution < 1.29 is 20.1 Å². The summed E-state index contributed by atoms with van der Waals surface area (Å²) in [5.74, 6) is 0.0704. The van der Waals surface area contributed by atoms with E-state index in [1.165, 1.54) is 17.1 Å². The minimum Gasteiger partial charge on any atom is -0.394 e. The maximum absolute atomic E-state index is 9.95. The Morgan fingerprint density at radius 1 is 1.32 bits per heavy atom. The Balaban J connectivity index is 2.03. The van der Waals surface area contributed by atoms with Crippen LogP contribution in [0.15, 0.2) is 12.5 Å². The molecule has 19 heavy (non-hydrogen) atoms. The van der Waals surface area contributed by atoms with Gasteiger partial charge in [0.15, 0.2) is 11.9 Å². The van der Waals surface area contributed by atoms with E-state index < -0.39 is 31.1 Å². The van der Waals surface area contributed by atoms with Crippen LogP contribution in [-0.2, 0) is 4.74 Å². The van der Waals surface area contributed by atoms with Crippen LogP contribution >= 0.6 is 0 Å². The Labute approximate surface area is 107 Å². The first-order valence-corrected chi connectivity index (χ1v) is 5.69. The molecule has 0 spiro atoms. The molecule has 1 unspecified atom stereocenters. The van der Waals surface area contributed by atoms with E-state index in [0.29, 0.717) is 11.2 Å². The van der Waals surface area contributed by atoms with Gasteiger partial charge in [-0.3, -0.25) is 4.57 Å². The summed E-state index contributed by atoms with van der Waals surface area (Å²) >= 11 is 0. The fourth-order valence-electron chi connectivity index (χ4n) is 2.14. The minimum atomic E-state index is -1.19. The SMILES string of the molecule is Nc1ncc2ncn(C3O[C@H](CO)[C@@H](O)[C@H]3O)c2n1. The maximum atomic E-state index is 9.95. The van der Waals surface area contributed by atoms with E-state index in [0.717, 1.165) is 0 Å². The lowest BCUT2D eigenvalue weighted by Crippen LogP contribution is -2.33. The molecule has 0 aliphatic carbocycles. The third-order valence-electron chi connectivity index (χ3n) is 3.13. The summed E-state index contributed by atoms with van der Waals surface area (Å²) in [7, 11) is 0. The number of rotatable bonds is 2. The normalized spacial score (nSPS) is 31.1. The summed E-state index contributed by atoms with van der Waals surface area (Å²) in [5.41, 5.74) is 6.39. The molecule has 1 fully saturated rings. The lowest BCUT2D eigenvalue weighted by atomic mass is 10.1. The molecule has 0 radical (unpaired) electrons. The van der Waals surface area contributed by atoms with Crippen molar-refractivity contribution in [2.24, 2.45) is 0 Å². The molecule has 0 aromatic carbocycles. The van der Waals surface area contributed by atoms with Crippen molar-refractivity contribution in [2.45, 2.75) is 24.5 Å². The van der Waals surface area contributed by atoms with Crippen LogP contribution in [-0.4, -0.2) is 59.8 Å². The summed E-state index contributed by atoms with van der Waals surface area (Å²) in [6.07, 6.45) is -1.23. The molecule has 0 saturated carbocycles. The molecule has 0 bridgehead atoms. The van der Waals surface area contributed by atoms with E-state index in [4.69, 9.17) is 15.6 Å². The molecule has 2 aromatic rings. The molecular weight excluding hydrogens is 254 g/mol. The highest BCUT2D eigenvalue weighted by Gasteiger charge is 2.43. The number of aromatic nitrogens is 4. The van der Waals surface area contributed by atoms with Crippen molar-refractivity contribution in [2.75, 3.05) is 12.3 Å². The third-order valence-corrected chi connectivity index (χ3v) is 3.13. The average Bonchev–Trinajstić information content (AvgIpc) is 2.92. The Bertz CT molecular complexity index is 603. The molecule has 1 saturated heterocycles. The van der Waals surface area contributed by atoms with Gasteiger partial charge in [-0.05, 0) is 0 Å². The van der Waals surface area contributed by atoms with E-state index >= 15 is 0 Å². The number of aliphatic hydroxyl groups is 3. The molecular formula is C10H13N5O4. The first-order valence-electron chi connectivity index (χ1n) is 5.69. The van der Waals surface area contributed by atoms with Crippen LogP contribution in [0.2, 0.25) is 0 Å². The van der Waals surface area contributed by atoms with E-state index in [9.17, 15) is 10.2 Å². The summed E-state index contributed by atoms with van der Waals surface area (Å²) in [6.45, 7) is -0.390. The highest BCUT2D eigenvalue weighted by molar-refractivity contribution is 5.70. The van der Waals surface area contributed by atoms with Crippen molar-refractivity contribution >= 4 is 17.1 Å². The summed E-state index contributed by atoms with van der Waals surface area (Å²) in [5, 5.41) is 28.7. The van der Waals surface area contributed by atoms with Crippen LogP contribution < -0.4 is 5.73 Å². The van der Waals surface area contributed by atoms with Gasteiger partial charge in [0, 0.05) is 0 Å². The molecule has 102 valence electrons. The highest BCUT2D eigenvalue weighted by atomic mass is 16.6. The smallest absolute Gasteiger partial charge is 0.222 e. The Hall–Kier alpha value is -1.81. The predicted molar refractivity (Wildman–Crippen MR) is 62.7 cm³/mol. The quantitative estimate of drug-likeness (QED) is 0.491. The number of fused-ring (bicyclic) bond motifs is 1. The molecule has 4 atom stereocenters. The Morgan fingerprint density at radius 2 is 2.11 bits per heavy atom. The molecule has 9 heteroatoms. The second-order valence-corrected chi connectivity index (χ2v) is 4.32. The second kappa shape index (κ2) is 4.38. The van der Waals surface area contributed by atoms with E-state index in [1.807, 2.05) is 0 Å². The lowest BCUT2D eigenvalue weighted by molar-refractivity contribution is -0.0511. The number of anilines is 1. The Kier molecular flexibility index (Phi) is 2.82. The first kappa shape index (κ1) is 12.2. The van der Waals surface area contributed by atoms with Crippen molar-refractivity contribution in [1.82, 2.24) is 19.5 Å². The fraction of sp³-hybridized carbons (Fsp3) is 0.500. The molecule has 5 N–H and O–H groups in total. The summed E-state index contributed by atoms with van der Waals surface area (Å²) < 4.78 is 6.85. The topological polar surface area (TPSA) is 140 Å². The average molecular weight is 267 g/mol. The summed E-state index contributed by atoms with van der Waals surface area (Å²) in [4.78, 5) is 11.9. The zero-order valence-electron chi connectivity index (χ0n) is 9.79. The molecule has 3 heterocycles. The zero-order chi connectivity index (χ0) is 13.6. The Morgan fingerprint density at radius 3 is 2.79 bits per heavy atom. The van der Waals surface area contributed by atoms with E-state index in [-0.39, 0.29) is 5.95 Å². The van der Waals surface area contributed by atoms with Gasteiger partial charge in [0.1, 0.15) is 23.8 Å². The summed E-state index contributed by atoms with van der Waals surface area (Å²) in [6, 6.07) is 0.